The number of aromatic nitrogens is 2. The van der Waals surface area contributed by atoms with Gasteiger partial charge in [0.05, 0.1) is 5.69 Å². The molecule has 1 aromatic rings. The molecule has 0 saturated carbocycles. The first-order valence-corrected chi connectivity index (χ1v) is 5.96. The third-order valence-electron chi connectivity index (χ3n) is 3.04. The molecule has 0 saturated heterocycles. The standard InChI is InChI=1S/C12H22N4/c1-4-10(5-2)11(13)8-16-12-9(3)14-6-7-15-12/h6-7,10-11H,4-5,8,13H2,1-3H3,(H,15,16). The van der Waals surface area contributed by atoms with Crippen LogP contribution in [0.3, 0.4) is 0 Å². The highest BCUT2D eigenvalue weighted by atomic mass is 15.0. The quantitative estimate of drug-likeness (QED) is 0.772. The normalized spacial score (nSPS) is 12.8. The zero-order valence-corrected chi connectivity index (χ0v) is 10.4. The summed E-state index contributed by atoms with van der Waals surface area (Å²) in [4.78, 5) is 8.41. The van der Waals surface area contributed by atoms with Gasteiger partial charge in [0, 0.05) is 25.0 Å². The van der Waals surface area contributed by atoms with Crippen LogP contribution in [-0.2, 0) is 0 Å². The van der Waals surface area contributed by atoms with Crippen LogP contribution in [0.2, 0.25) is 0 Å². The average Bonchev–Trinajstić information content (AvgIpc) is 2.29. The van der Waals surface area contributed by atoms with Gasteiger partial charge in [-0.15, -0.1) is 0 Å². The number of nitrogens with one attached hydrogen (secondary N) is 1. The molecule has 16 heavy (non-hydrogen) atoms. The van der Waals surface area contributed by atoms with Crippen molar-refractivity contribution in [2.45, 2.75) is 39.7 Å². The van der Waals surface area contributed by atoms with Gasteiger partial charge < -0.3 is 11.1 Å². The Balaban J connectivity index is 2.48. The fourth-order valence-corrected chi connectivity index (χ4v) is 1.86. The lowest BCUT2D eigenvalue weighted by Gasteiger charge is -2.21. The van der Waals surface area contributed by atoms with E-state index in [1.54, 1.807) is 12.4 Å². The van der Waals surface area contributed by atoms with Crippen molar-refractivity contribution in [2.75, 3.05) is 11.9 Å². The van der Waals surface area contributed by atoms with E-state index in [1.807, 2.05) is 6.92 Å². The second-order valence-electron chi connectivity index (χ2n) is 4.11. The van der Waals surface area contributed by atoms with Gasteiger partial charge in [-0.25, -0.2) is 4.98 Å². The van der Waals surface area contributed by atoms with Crippen LogP contribution in [0.1, 0.15) is 32.4 Å². The third-order valence-corrected chi connectivity index (χ3v) is 3.04. The number of nitrogens with zero attached hydrogens (tertiary/aromatic N) is 2. The van der Waals surface area contributed by atoms with Crippen molar-refractivity contribution in [3.8, 4) is 0 Å². The molecule has 0 spiro atoms. The lowest BCUT2D eigenvalue weighted by Crippen LogP contribution is -2.36. The van der Waals surface area contributed by atoms with Crippen molar-refractivity contribution < 1.29 is 0 Å². The molecule has 1 heterocycles. The van der Waals surface area contributed by atoms with E-state index in [1.165, 1.54) is 0 Å². The molecule has 0 fully saturated rings. The van der Waals surface area contributed by atoms with E-state index in [4.69, 9.17) is 5.73 Å². The molecule has 0 radical (unpaired) electrons. The van der Waals surface area contributed by atoms with E-state index < -0.39 is 0 Å². The molecule has 0 amide bonds. The summed E-state index contributed by atoms with van der Waals surface area (Å²) in [6.45, 7) is 7.06. The Morgan fingerprint density at radius 3 is 2.44 bits per heavy atom. The topological polar surface area (TPSA) is 63.8 Å². The summed E-state index contributed by atoms with van der Waals surface area (Å²) < 4.78 is 0. The number of rotatable bonds is 6. The molecule has 0 aliphatic heterocycles. The molecule has 0 bridgehead atoms. The first kappa shape index (κ1) is 12.9. The maximum atomic E-state index is 6.13. The van der Waals surface area contributed by atoms with Crippen molar-refractivity contribution in [2.24, 2.45) is 11.7 Å². The molecule has 3 N–H and O–H groups in total. The minimum Gasteiger partial charge on any atom is -0.367 e. The van der Waals surface area contributed by atoms with Gasteiger partial charge in [0.15, 0.2) is 0 Å². The predicted molar refractivity (Wildman–Crippen MR) is 67.3 cm³/mol. The molecule has 1 rings (SSSR count). The first-order valence-electron chi connectivity index (χ1n) is 5.96. The Labute approximate surface area is 97.7 Å². The minimum atomic E-state index is 0.177. The molecule has 1 atom stereocenters. The average molecular weight is 222 g/mol. The molecule has 1 unspecified atom stereocenters. The van der Waals surface area contributed by atoms with Crippen molar-refractivity contribution >= 4 is 5.82 Å². The highest BCUT2D eigenvalue weighted by Crippen LogP contribution is 2.12. The number of nitrogens with two attached hydrogens (primary N) is 1. The van der Waals surface area contributed by atoms with Gasteiger partial charge >= 0.3 is 0 Å². The maximum Gasteiger partial charge on any atom is 0.147 e. The van der Waals surface area contributed by atoms with E-state index in [-0.39, 0.29) is 6.04 Å². The van der Waals surface area contributed by atoms with E-state index in [9.17, 15) is 0 Å². The fraction of sp³-hybridized carbons (Fsp3) is 0.667. The van der Waals surface area contributed by atoms with Crippen LogP contribution in [0.15, 0.2) is 12.4 Å². The lowest BCUT2D eigenvalue weighted by molar-refractivity contribution is 0.407. The number of hydrogen-bond donors (Lipinski definition) is 2. The Morgan fingerprint density at radius 2 is 1.88 bits per heavy atom. The summed E-state index contributed by atoms with van der Waals surface area (Å²) in [7, 11) is 0. The van der Waals surface area contributed by atoms with Crippen LogP contribution in [0, 0.1) is 12.8 Å². The van der Waals surface area contributed by atoms with Crippen LogP contribution < -0.4 is 11.1 Å². The third kappa shape index (κ3) is 3.45. The van der Waals surface area contributed by atoms with Crippen LogP contribution in [-0.4, -0.2) is 22.6 Å². The zero-order chi connectivity index (χ0) is 12.0. The maximum absolute atomic E-state index is 6.13. The van der Waals surface area contributed by atoms with Crippen LogP contribution in [0.4, 0.5) is 5.82 Å². The van der Waals surface area contributed by atoms with Crippen molar-refractivity contribution in [3.05, 3.63) is 18.1 Å². The van der Waals surface area contributed by atoms with Gasteiger partial charge in [0.1, 0.15) is 5.82 Å². The summed E-state index contributed by atoms with van der Waals surface area (Å²) in [5.74, 6) is 1.41. The summed E-state index contributed by atoms with van der Waals surface area (Å²) in [5.41, 5.74) is 7.04. The monoisotopic (exact) mass is 222 g/mol. The van der Waals surface area contributed by atoms with Crippen LogP contribution in [0.5, 0.6) is 0 Å². The highest BCUT2D eigenvalue weighted by Gasteiger charge is 2.13. The fourth-order valence-electron chi connectivity index (χ4n) is 1.86. The van der Waals surface area contributed by atoms with Crippen molar-refractivity contribution in [1.82, 2.24) is 9.97 Å². The van der Waals surface area contributed by atoms with E-state index in [0.717, 1.165) is 30.9 Å². The van der Waals surface area contributed by atoms with Crippen LogP contribution in [0.25, 0.3) is 0 Å². The van der Waals surface area contributed by atoms with E-state index in [0.29, 0.717) is 5.92 Å². The Morgan fingerprint density at radius 1 is 1.25 bits per heavy atom. The Hall–Kier alpha value is -1.16. The van der Waals surface area contributed by atoms with Gasteiger partial charge in [0.25, 0.3) is 0 Å². The molecule has 4 nitrogen and oxygen atoms in total. The SMILES string of the molecule is CCC(CC)C(N)CNc1nccnc1C. The van der Waals surface area contributed by atoms with Gasteiger partial charge in [-0.2, -0.15) is 0 Å². The lowest BCUT2D eigenvalue weighted by atomic mass is 9.95. The molecule has 90 valence electrons. The number of aryl methyl sites for hydroxylation is 1. The van der Waals surface area contributed by atoms with Crippen molar-refractivity contribution in [3.63, 3.8) is 0 Å². The molecule has 0 aliphatic rings. The van der Waals surface area contributed by atoms with Gasteiger partial charge in [-0.3, -0.25) is 4.98 Å². The largest absolute Gasteiger partial charge is 0.367 e. The van der Waals surface area contributed by atoms with Crippen molar-refractivity contribution in [1.29, 1.82) is 0 Å². The Kier molecular flexibility index (Phi) is 5.19. The second kappa shape index (κ2) is 6.43. The predicted octanol–water partition coefficient (Wildman–Crippen LogP) is 1.96. The summed E-state index contributed by atoms with van der Waals surface area (Å²) >= 11 is 0. The second-order valence-corrected chi connectivity index (χ2v) is 4.11. The minimum absolute atomic E-state index is 0.177. The van der Waals surface area contributed by atoms with Gasteiger partial charge in [-0.05, 0) is 12.8 Å². The van der Waals surface area contributed by atoms with E-state index in [2.05, 4.69) is 29.1 Å². The number of anilines is 1. The molecule has 4 heteroatoms. The Bertz CT molecular complexity index is 310. The van der Waals surface area contributed by atoms with Gasteiger partial charge in [-0.1, -0.05) is 26.7 Å². The molecule has 1 aromatic heterocycles. The smallest absolute Gasteiger partial charge is 0.147 e. The summed E-state index contributed by atoms with van der Waals surface area (Å²) in [6, 6.07) is 0.177. The summed E-state index contributed by atoms with van der Waals surface area (Å²) in [5, 5.41) is 3.26. The summed E-state index contributed by atoms with van der Waals surface area (Å²) in [6.07, 6.45) is 5.64. The molecule has 0 aliphatic carbocycles. The van der Waals surface area contributed by atoms with E-state index >= 15 is 0 Å². The molecular weight excluding hydrogens is 200 g/mol. The molecule has 0 aromatic carbocycles. The molecular formula is C12H22N4. The van der Waals surface area contributed by atoms with Gasteiger partial charge in [0.2, 0.25) is 0 Å². The zero-order valence-electron chi connectivity index (χ0n) is 10.4. The highest BCUT2D eigenvalue weighted by molar-refractivity contribution is 5.38. The van der Waals surface area contributed by atoms with Crippen LogP contribution >= 0.6 is 0 Å². The first-order chi connectivity index (χ1) is 7.69. The number of hydrogen-bond acceptors (Lipinski definition) is 4.